The van der Waals surface area contributed by atoms with E-state index in [1.807, 2.05) is 6.07 Å². The summed E-state index contributed by atoms with van der Waals surface area (Å²) in [4.78, 5) is 0. The van der Waals surface area contributed by atoms with E-state index in [4.69, 9.17) is 11.6 Å². The molecule has 1 unspecified atom stereocenters. The molecule has 100 valence electrons. The van der Waals surface area contributed by atoms with E-state index in [-0.39, 0.29) is 0 Å². The van der Waals surface area contributed by atoms with Crippen LogP contribution in [-0.2, 0) is 6.42 Å². The van der Waals surface area contributed by atoms with E-state index in [0.29, 0.717) is 11.8 Å². The van der Waals surface area contributed by atoms with E-state index in [1.54, 1.807) is 0 Å². The van der Waals surface area contributed by atoms with Gasteiger partial charge in [-0.3, -0.25) is 0 Å². The fraction of sp³-hybridized carbons (Fsp3) is 0.294. The largest absolute Gasteiger partial charge is 0.126 e. The van der Waals surface area contributed by atoms with Crippen molar-refractivity contribution in [3.8, 4) is 0 Å². The first-order valence-electron chi connectivity index (χ1n) is 6.47. The standard InChI is InChI=1S/C17H18BrCl/c1-12-6-13(2)8-14(7-12)9-16(11-19)15-4-3-5-17(18)10-15/h3-8,10,16H,9,11H2,1-2H3. The summed E-state index contributed by atoms with van der Waals surface area (Å²) in [6.07, 6.45) is 0.989. The number of halogens is 2. The smallest absolute Gasteiger partial charge is 0.0295 e. The first-order valence-corrected chi connectivity index (χ1v) is 7.80. The molecule has 19 heavy (non-hydrogen) atoms. The minimum absolute atomic E-state index is 0.361. The van der Waals surface area contributed by atoms with E-state index < -0.39 is 0 Å². The van der Waals surface area contributed by atoms with Gasteiger partial charge >= 0.3 is 0 Å². The number of hydrogen-bond donors (Lipinski definition) is 0. The summed E-state index contributed by atoms with van der Waals surface area (Å²) in [5.74, 6) is 1.00. The third-order valence-electron chi connectivity index (χ3n) is 3.27. The lowest BCUT2D eigenvalue weighted by Gasteiger charge is -2.16. The Morgan fingerprint density at radius 3 is 2.32 bits per heavy atom. The lowest BCUT2D eigenvalue weighted by molar-refractivity contribution is 0.764. The predicted molar refractivity (Wildman–Crippen MR) is 87.2 cm³/mol. The van der Waals surface area contributed by atoms with Crippen LogP contribution in [0.5, 0.6) is 0 Å². The zero-order valence-corrected chi connectivity index (χ0v) is 13.6. The lowest BCUT2D eigenvalue weighted by atomic mass is 9.92. The van der Waals surface area contributed by atoms with Crippen molar-refractivity contribution in [2.24, 2.45) is 0 Å². The highest BCUT2D eigenvalue weighted by Gasteiger charge is 2.12. The number of benzene rings is 2. The fourth-order valence-electron chi connectivity index (χ4n) is 2.49. The highest BCUT2D eigenvalue weighted by atomic mass is 79.9. The van der Waals surface area contributed by atoms with Gasteiger partial charge in [0, 0.05) is 16.3 Å². The Morgan fingerprint density at radius 2 is 1.74 bits per heavy atom. The zero-order valence-electron chi connectivity index (χ0n) is 11.3. The van der Waals surface area contributed by atoms with Crippen LogP contribution >= 0.6 is 27.5 Å². The molecule has 0 aromatic heterocycles. The number of rotatable bonds is 4. The second-order valence-electron chi connectivity index (χ2n) is 5.11. The van der Waals surface area contributed by atoms with Gasteiger partial charge < -0.3 is 0 Å². The van der Waals surface area contributed by atoms with Gasteiger partial charge in [-0.15, -0.1) is 11.6 Å². The highest BCUT2D eigenvalue weighted by Crippen LogP contribution is 2.25. The van der Waals surface area contributed by atoms with Gasteiger partial charge in [-0.2, -0.15) is 0 Å². The summed E-state index contributed by atoms with van der Waals surface area (Å²) in [5, 5.41) is 0. The Hall–Kier alpha value is -0.790. The van der Waals surface area contributed by atoms with Gasteiger partial charge in [-0.25, -0.2) is 0 Å². The van der Waals surface area contributed by atoms with Crippen LogP contribution < -0.4 is 0 Å². The molecular formula is C17H18BrCl. The van der Waals surface area contributed by atoms with Crippen LogP contribution in [0, 0.1) is 13.8 Å². The summed E-state index contributed by atoms with van der Waals surface area (Å²) in [7, 11) is 0. The second kappa shape index (κ2) is 6.58. The Bertz CT molecular complexity index is 543. The van der Waals surface area contributed by atoms with Gasteiger partial charge in [0.05, 0.1) is 0 Å². The van der Waals surface area contributed by atoms with Crippen molar-refractivity contribution in [1.29, 1.82) is 0 Å². The molecule has 0 bridgehead atoms. The maximum Gasteiger partial charge on any atom is 0.0295 e. The molecule has 2 rings (SSSR count). The molecule has 2 heteroatoms. The summed E-state index contributed by atoms with van der Waals surface area (Å²) < 4.78 is 1.11. The molecule has 0 amide bonds. The summed E-state index contributed by atoms with van der Waals surface area (Å²) in [5.41, 5.74) is 5.29. The highest BCUT2D eigenvalue weighted by molar-refractivity contribution is 9.10. The Labute approximate surface area is 128 Å². The number of aryl methyl sites for hydroxylation is 2. The third-order valence-corrected chi connectivity index (χ3v) is 4.14. The van der Waals surface area contributed by atoms with Crippen molar-refractivity contribution >= 4 is 27.5 Å². The molecule has 2 aromatic rings. The van der Waals surface area contributed by atoms with Crippen LogP contribution in [0.1, 0.15) is 28.2 Å². The minimum Gasteiger partial charge on any atom is -0.126 e. The van der Waals surface area contributed by atoms with Crippen LogP contribution in [0.2, 0.25) is 0 Å². The monoisotopic (exact) mass is 336 g/mol. The van der Waals surface area contributed by atoms with E-state index in [0.717, 1.165) is 10.9 Å². The van der Waals surface area contributed by atoms with Gasteiger partial charge in [-0.1, -0.05) is 57.4 Å². The first kappa shape index (κ1) is 14.6. The SMILES string of the molecule is Cc1cc(C)cc(CC(CCl)c2cccc(Br)c2)c1. The fourth-order valence-corrected chi connectivity index (χ4v) is 3.20. The molecule has 1 atom stereocenters. The zero-order chi connectivity index (χ0) is 13.8. The molecule has 0 heterocycles. The normalized spacial score (nSPS) is 12.4. The maximum atomic E-state index is 6.17. The van der Waals surface area contributed by atoms with E-state index in [1.165, 1.54) is 22.3 Å². The van der Waals surface area contributed by atoms with Crippen molar-refractivity contribution in [3.05, 3.63) is 69.2 Å². The molecule has 0 radical (unpaired) electrons. The topological polar surface area (TPSA) is 0 Å². The van der Waals surface area contributed by atoms with E-state index in [2.05, 4.69) is 66.2 Å². The molecule has 0 saturated carbocycles. The van der Waals surface area contributed by atoms with Gasteiger partial charge in [0.15, 0.2) is 0 Å². The Morgan fingerprint density at radius 1 is 1.05 bits per heavy atom. The summed E-state index contributed by atoms with van der Waals surface area (Å²) in [6, 6.07) is 15.1. The molecule has 0 N–H and O–H groups in total. The molecule has 0 aliphatic carbocycles. The molecule has 2 aromatic carbocycles. The summed E-state index contributed by atoms with van der Waals surface area (Å²) in [6.45, 7) is 4.29. The first-order chi connectivity index (χ1) is 9.08. The summed E-state index contributed by atoms with van der Waals surface area (Å²) >= 11 is 9.69. The van der Waals surface area contributed by atoms with Crippen LogP contribution in [-0.4, -0.2) is 5.88 Å². The van der Waals surface area contributed by atoms with E-state index >= 15 is 0 Å². The van der Waals surface area contributed by atoms with Crippen molar-refractivity contribution in [2.45, 2.75) is 26.2 Å². The molecule has 0 nitrogen and oxygen atoms in total. The lowest BCUT2D eigenvalue weighted by Crippen LogP contribution is -2.05. The van der Waals surface area contributed by atoms with Crippen LogP contribution in [0.3, 0.4) is 0 Å². The average Bonchev–Trinajstić information content (AvgIpc) is 2.34. The maximum absolute atomic E-state index is 6.17. The quantitative estimate of drug-likeness (QED) is 0.634. The van der Waals surface area contributed by atoms with Crippen LogP contribution in [0.4, 0.5) is 0 Å². The second-order valence-corrected chi connectivity index (χ2v) is 6.33. The van der Waals surface area contributed by atoms with Crippen LogP contribution in [0.15, 0.2) is 46.9 Å². The predicted octanol–water partition coefficient (Wildman–Crippen LogP) is 5.63. The molecular weight excluding hydrogens is 320 g/mol. The van der Waals surface area contributed by atoms with Crippen LogP contribution in [0.25, 0.3) is 0 Å². The minimum atomic E-state index is 0.361. The van der Waals surface area contributed by atoms with Crippen molar-refractivity contribution in [1.82, 2.24) is 0 Å². The molecule has 0 saturated heterocycles. The number of hydrogen-bond acceptors (Lipinski definition) is 0. The molecule has 0 fully saturated rings. The Kier molecular flexibility index (Phi) is 5.06. The van der Waals surface area contributed by atoms with Crippen molar-refractivity contribution < 1.29 is 0 Å². The Balaban J connectivity index is 2.23. The molecule has 0 spiro atoms. The average molecular weight is 338 g/mol. The molecule has 0 aliphatic heterocycles. The van der Waals surface area contributed by atoms with E-state index in [9.17, 15) is 0 Å². The van der Waals surface area contributed by atoms with Crippen molar-refractivity contribution in [3.63, 3.8) is 0 Å². The van der Waals surface area contributed by atoms with Gasteiger partial charge in [0.25, 0.3) is 0 Å². The molecule has 0 aliphatic rings. The van der Waals surface area contributed by atoms with Gasteiger partial charge in [-0.05, 0) is 43.5 Å². The van der Waals surface area contributed by atoms with Gasteiger partial charge in [0.1, 0.15) is 0 Å². The van der Waals surface area contributed by atoms with Crippen molar-refractivity contribution in [2.75, 3.05) is 5.88 Å². The van der Waals surface area contributed by atoms with Gasteiger partial charge in [0.2, 0.25) is 0 Å². The number of alkyl halides is 1. The third kappa shape index (κ3) is 4.09.